The van der Waals surface area contributed by atoms with Crippen LogP contribution in [0.15, 0.2) is 29.4 Å². The fourth-order valence-electron chi connectivity index (χ4n) is 2.72. The maximum atomic E-state index is 12.4. The lowest BCUT2D eigenvalue weighted by Gasteiger charge is -2.36. The predicted octanol–water partition coefficient (Wildman–Crippen LogP) is 1.72. The van der Waals surface area contributed by atoms with Crippen LogP contribution in [0.1, 0.15) is 12.7 Å². The number of piperazine rings is 1. The zero-order valence-electron chi connectivity index (χ0n) is 14.4. The van der Waals surface area contributed by atoms with Crippen molar-refractivity contribution in [2.75, 3.05) is 36.8 Å². The SMILES string of the molecule is CCc1nc(SCC(=O)N2CCN(c3ccc([N+](=O)[O-])cc3)CC2)n[nH]1. The van der Waals surface area contributed by atoms with Crippen LogP contribution in [0.5, 0.6) is 0 Å². The molecule has 0 unspecified atom stereocenters. The number of nitro groups is 1. The van der Waals surface area contributed by atoms with Crippen molar-refractivity contribution < 1.29 is 9.72 Å². The lowest BCUT2D eigenvalue weighted by Crippen LogP contribution is -2.49. The Balaban J connectivity index is 1.48. The Kier molecular flexibility index (Phi) is 5.71. The molecule has 1 aliphatic heterocycles. The van der Waals surface area contributed by atoms with E-state index >= 15 is 0 Å². The first-order valence-electron chi connectivity index (χ1n) is 8.38. The van der Waals surface area contributed by atoms with Gasteiger partial charge < -0.3 is 9.80 Å². The van der Waals surface area contributed by atoms with Gasteiger partial charge in [0.25, 0.3) is 5.69 Å². The van der Waals surface area contributed by atoms with E-state index in [1.54, 1.807) is 12.1 Å². The summed E-state index contributed by atoms with van der Waals surface area (Å²) in [6.45, 7) is 4.66. The molecule has 3 rings (SSSR count). The molecule has 0 spiro atoms. The molecule has 1 N–H and O–H groups in total. The van der Waals surface area contributed by atoms with Crippen molar-refractivity contribution in [2.45, 2.75) is 18.5 Å². The Hall–Kier alpha value is -2.62. The molecular weight excluding hydrogens is 356 g/mol. The van der Waals surface area contributed by atoms with E-state index in [-0.39, 0.29) is 11.6 Å². The Morgan fingerprint density at radius 2 is 1.96 bits per heavy atom. The van der Waals surface area contributed by atoms with E-state index in [4.69, 9.17) is 0 Å². The van der Waals surface area contributed by atoms with E-state index < -0.39 is 4.92 Å². The van der Waals surface area contributed by atoms with Crippen LogP contribution < -0.4 is 4.90 Å². The van der Waals surface area contributed by atoms with Crippen LogP contribution in [0.2, 0.25) is 0 Å². The highest BCUT2D eigenvalue weighted by Gasteiger charge is 2.22. The Morgan fingerprint density at radius 3 is 2.54 bits per heavy atom. The first kappa shape index (κ1) is 18.2. The fourth-order valence-corrected chi connectivity index (χ4v) is 3.44. The molecule has 0 radical (unpaired) electrons. The van der Waals surface area contributed by atoms with Gasteiger partial charge in [-0.3, -0.25) is 20.0 Å². The number of nitro benzene ring substituents is 1. The van der Waals surface area contributed by atoms with Gasteiger partial charge in [0.05, 0.1) is 10.7 Å². The van der Waals surface area contributed by atoms with Crippen molar-refractivity contribution in [2.24, 2.45) is 0 Å². The van der Waals surface area contributed by atoms with Crippen LogP contribution in [0.25, 0.3) is 0 Å². The topological polar surface area (TPSA) is 108 Å². The Morgan fingerprint density at radius 1 is 1.27 bits per heavy atom. The van der Waals surface area contributed by atoms with Gasteiger partial charge in [0.15, 0.2) is 0 Å². The van der Waals surface area contributed by atoms with E-state index in [1.807, 2.05) is 11.8 Å². The van der Waals surface area contributed by atoms with Gasteiger partial charge in [-0.1, -0.05) is 18.7 Å². The van der Waals surface area contributed by atoms with E-state index in [9.17, 15) is 14.9 Å². The first-order chi connectivity index (χ1) is 12.6. The second-order valence-electron chi connectivity index (χ2n) is 5.85. The van der Waals surface area contributed by atoms with Crippen molar-refractivity contribution in [3.8, 4) is 0 Å². The molecule has 1 aromatic heterocycles. The Bertz CT molecular complexity index is 771. The van der Waals surface area contributed by atoms with Gasteiger partial charge in [-0.25, -0.2) is 4.98 Å². The van der Waals surface area contributed by atoms with Crippen LogP contribution in [-0.2, 0) is 11.2 Å². The highest BCUT2D eigenvalue weighted by Crippen LogP contribution is 2.21. The second-order valence-corrected chi connectivity index (χ2v) is 6.79. The van der Waals surface area contributed by atoms with Crippen LogP contribution in [-0.4, -0.2) is 62.8 Å². The number of hydrogen-bond donors (Lipinski definition) is 1. The third-order valence-corrected chi connectivity index (χ3v) is 5.06. The summed E-state index contributed by atoms with van der Waals surface area (Å²) in [5, 5.41) is 18.2. The largest absolute Gasteiger partial charge is 0.368 e. The van der Waals surface area contributed by atoms with Crippen LogP contribution >= 0.6 is 11.8 Å². The molecule has 26 heavy (non-hydrogen) atoms. The van der Waals surface area contributed by atoms with Gasteiger partial charge in [-0.2, -0.15) is 0 Å². The molecule has 0 aliphatic carbocycles. The fraction of sp³-hybridized carbons (Fsp3) is 0.438. The minimum absolute atomic E-state index is 0.0706. The van der Waals surface area contributed by atoms with E-state index in [0.717, 1.165) is 17.9 Å². The van der Waals surface area contributed by atoms with Gasteiger partial charge in [0, 0.05) is 50.4 Å². The number of aryl methyl sites for hydroxylation is 1. The lowest BCUT2D eigenvalue weighted by atomic mass is 10.2. The predicted molar refractivity (Wildman–Crippen MR) is 98.4 cm³/mol. The molecule has 1 aliphatic rings. The second kappa shape index (κ2) is 8.17. The third-order valence-electron chi connectivity index (χ3n) is 4.23. The molecule has 138 valence electrons. The zero-order chi connectivity index (χ0) is 18.5. The smallest absolute Gasteiger partial charge is 0.269 e. The molecule has 9 nitrogen and oxygen atoms in total. The summed E-state index contributed by atoms with van der Waals surface area (Å²) in [6.07, 6.45) is 0.784. The monoisotopic (exact) mass is 376 g/mol. The first-order valence-corrected chi connectivity index (χ1v) is 9.36. The summed E-state index contributed by atoms with van der Waals surface area (Å²) in [5.41, 5.74) is 1.02. The molecule has 1 fully saturated rings. The normalized spacial score (nSPS) is 14.5. The number of carbonyl (C=O) groups excluding carboxylic acids is 1. The number of thioether (sulfide) groups is 1. The van der Waals surface area contributed by atoms with Gasteiger partial charge >= 0.3 is 0 Å². The van der Waals surface area contributed by atoms with Crippen molar-refractivity contribution >= 4 is 29.0 Å². The molecule has 10 heteroatoms. The number of H-pyrrole nitrogens is 1. The van der Waals surface area contributed by atoms with Crippen molar-refractivity contribution in [3.05, 3.63) is 40.2 Å². The number of carbonyl (C=O) groups is 1. The summed E-state index contributed by atoms with van der Waals surface area (Å²) in [6, 6.07) is 6.51. The summed E-state index contributed by atoms with van der Waals surface area (Å²) in [5.74, 6) is 1.20. The van der Waals surface area contributed by atoms with E-state index in [0.29, 0.717) is 37.1 Å². The van der Waals surface area contributed by atoms with E-state index in [1.165, 1.54) is 23.9 Å². The number of nitrogens with one attached hydrogen (secondary N) is 1. The maximum Gasteiger partial charge on any atom is 0.269 e. The molecule has 0 saturated carbocycles. The number of benzene rings is 1. The summed E-state index contributed by atoms with van der Waals surface area (Å²) in [7, 11) is 0. The quantitative estimate of drug-likeness (QED) is 0.464. The van der Waals surface area contributed by atoms with Crippen LogP contribution in [0.3, 0.4) is 0 Å². The number of aromatic amines is 1. The number of nitrogens with zero attached hydrogens (tertiary/aromatic N) is 5. The number of non-ortho nitro benzene ring substituents is 1. The average Bonchev–Trinajstić information content (AvgIpc) is 3.14. The molecule has 1 saturated heterocycles. The average molecular weight is 376 g/mol. The Labute approximate surface area is 154 Å². The van der Waals surface area contributed by atoms with E-state index in [2.05, 4.69) is 20.1 Å². The summed E-state index contributed by atoms with van der Waals surface area (Å²) >= 11 is 1.34. The number of hydrogen-bond acceptors (Lipinski definition) is 7. The minimum atomic E-state index is -0.407. The zero-order valence-corrected chi connectivity index (χ0v) is 15.2. The highest BCUT2D eigenvalue weighted by atomic mass is 32.2. The van der Waals surface area contributed by atoms with Crippen LogP contribution in [0.4, 0.5) is 11.4 Å². The van der Waals surface area contributed by atoms with Gasteiger partial charge in [-0.15, -0.1) is 5.10 Å². The number of anilines is 1. The molecule has 2 aromatic rings. The van der Waals surface area contributed by atoms with Gasteiger partial charge in [0.1, 0.15) is 5.82 Å². The van der Waals surface area contributed by atoms with Gasteiger partial charge in [-0.05, 0) is 12.1 Å². The minimum Gasteiger partial charge on any atom is -0.368 e. The standard InChI is InChI=1S/C16H20N6O3S/c1-2-14-17-16(19-18-14)26-11-15(23)21-9-7-20(8-10-21)12-3-5-13(6-4-12)22(24)25/h3-6H,2,7-11H2,1H3,(H,17,18,19). The van der Waals surface area contributed by atoms with Crippen molar-refractivity contribution in [1.82, 2.24) is 20.1 Å². The molecule has 1 aromatic carbocycles. The third kappa shape index (κ3) is 4.31. The number of rotatable bonds is 6. The summed E-state index contributed by atoms with van der Waals surface area (Å²) < 4.78 is 0. The summed E-state index contributed by atoms with van der Waals surface area (Å²) in [4.78, 5) is 30.9. The molecule has 2 heterocycles. The highest BCUT2D eigenvalue weighted by molar-refractivity contribution is 7.99. The van der Waals surface area contributed by atoms with Crippen LogP contribution in [0, 0.1) is 10.1 Å². The van der Waals surface area contributed by atoms with Gasteiger partial charge in [0.2, 0.25) is 11.1 Å². The molecular formula is C16H20N6O3S. The number of amides is 1. The maximum absolute atomic E-state index is 12.4. The molecule has 0 bridgehead atoms. The number of aromatic nitrogens is 3. The van der Waals surface area contributed by atoms with Crippen molar-refractivity contribution in [1.29, 1.82) is 0 Å². The lowest BCUT2D eigenvalue weighted by molar-refractivity contribution is -0.384. The van der Waals surface area contributed by atoms with Crippen molar-refractivity contribution in [3.63, 3.8) is 0 Å². The molecule has 0 atom stereocenters. The molecule has 1 amide bonds.